The molecule has 0 aliphatic carbocycles. The summed E-state index contributed by atoms with van der Waals surface area (Å²) in [4.78, 5) is 22.8. The topological polar surface area (TPSA) is 110 Å². The lowest BCUT2D eigenvalue weighted by Gasteiger charge is -2.18. The molecule has 3 aromatic rings. The zero-order valence-electron chi connectivity index (χ0n) is 14.8. The zero-order valence-corrected chi connectivity index (χ0v) is 14.8. The minimum atomic E-state index is -0.651. The van der Waals surface area contributed by atoms with Crippen LogP contribution < -0.4 is 15.1 Å². The lowest BCUT2D eigenvalue weighted by Crippen LogP contribution is -2.30. The largest absolute Gasteiger partial charge is 0.497 e. The van der Waals surface area contributed by atoms with E-state index in [0.717, 1.165) is 5.01 Å². The van der Waals surface area contributed by atoms with Gasteiger partial charge in [0.1, 0.15) is 10.7 Å². The number of nitrogens with zero attached hydrogens (tertiary/aromatic N) is 3. The fraction of sp³-hybridized carbons (Fsp3) is 0.0526. The third kappa shape index (κ3) is 4.52. The maximum absolute atomic E-state index is 12.8. The number of urea groups is 1. The van der Waals surface area contributed by atoms with Crippen LogP contribution in [0.2, 0.25) is 0 Å². The van der Waals surface area contributed by atoms with E-state index in [0.29, 0.717) is 17.1 Å². The van der Waals surface area contributed by atoms with E-state index in [1.807, 2.05) is 0 Å². The second-order valence-electron chi connectivity index (χ2n) is 5.49. The van der Waals surface area contributed by atoms with Gasteiger partial charge in [0.2, 0.25) is 0 Å². The van der Waals surface area contributed by atoms with Crippen molar-refractivity contribution in [2.45, 2.75) is 0 Å². The van der Waals surface area contributed by atoms with Crippen LogP contribution in [0.1, 0.15) is 5.76 Å². The van der Waals surface area contributed by atoms with Gasteiger partial charge in [-0.2, -0.15) is 10.1 Å². The van der Waals surface area contributed by atoms with Gasteiger partial charge in [0.15, 0.2) is 5.76 Å². The van der Waals surface area contributed by atoms with Crippen molar-refractivity contribution in [1.82, 2.24) is 0 Å². The molecule has 0 radical (unpaired) electrons. The van der Waals surface area contributed by atoms with Crippen molar-refractivity contribution in [3.05, 3.63) is 82.6 Å². The van der Waals surface area contributed by atoms with Crippen LogP contribution >= 0.6 is 0 Å². The summed E-state index contributed by atoms with van der Waals surface area (Å²) in [6.07, 6.45) is 1.23. The monoisotopic (exact) mass is 380 g/mol. The highest BCUT2D eigenvalue weighted by molar-refractivity contribution is 6.02. The van der Waals surface area contributed by atoms with Crippen LogP contribution in [0.15, 0.2) is 76.2 Å². The van der Waals surface area contributed by atoms with Gasteiger partial charge in [0, 0.05) is 11.8 Å². The Kier molecular flexibility index (Phi) is 5.66. The first kappa shape index (κ1) is 18.6. The lowest BCUT2D eigenvalue weighted by atomic mass is 10.3. The minimum absolute atomic E-state index is 0.141. The van der Waals surface area contributed by atoms with Gasteiger partial charge in [-0.3, -0.25) is 10.1 Å². The standard InChI is InChI=1S/C19H16N4O5/c1-27-16-9-5-6-14(12-16)21-19(24)22(15-7-3-2-4-8-15)20-13-17-10-11-18(28-17)23(25)26/h2-13H,1H3,(H,21,24)/b20-13+. The van der Waals surface area contributed by atoms with E-state index in [-0.39, 0.29) is 5.76 Å². The molecule has 142 valence electrons. The van der Waals surface area contributed by atoms with Crippen molar-refractivity contribution in [2.24, 2.45) is 5.10 Å². The Bertz CT molecular complexity index is 1000. The number of nitro groups is 1. The van der Waals surface area contributed by atoms with Gasteiger partial charge in [0.05, 0.1) is 25.1 Å². The van der Waals surface area contributed by atoms with Gasteiger partial charge in [0.25, 0.3) is 0 Å². The second kappa shape index (κ2) is 8.49. The first-order valence-electron chi connectivity index (χ1n) is 8.15. The third-order valence-corrected chi connectivity index (χ3v) is 3.61. The van der Waals surface area contributed by atoms with Crippen molar-refractivity contribution >= 4 is 29.5 Å². The molecular weight excluding hydrogens is 364 g/mol. The molecule has 2 aromatic carbocycles. The molecule has 3 rings (SSSR count). The maximum Gasteiger partial charge on any atom is 0.433 e. The quantitative estimate of drug-likeness (QED) is 0.390. The van der Waals surface area contributed by atoms with Crippen LogP contribution in [-0.2, 0) is 0 Å². The highest BCUT2D eigenvalue weighted by Gasteiger charge is 2.16. The Hall–Kier alpha value is -4.14. The maximum atomic E-state index is 12.8. The van der Waals surface area contributed by atoms with Crippen molar-refractivity contribution in [2.75, 3.05) is 17.4 Å². The van der Waals surface area contributed by atoms with E-state index < -0.39 is 16.8 Å². The summed E-state index contributed by atoms with van der Waals surface area (Å²) in [6, 6.07) is 17.7. The molecule has 1 heterocycles. The summed E-state index contributed by atoms with van der Waals surface area (Å²) in [7, 11) is 1.53. The molecule has 2 amide bonds. The molecule has 1 N–H and O–H groups in total. The number of anilines is 2. The third-order valence-electron chi connectivity index (χ3n) is 3.61. The zero-order chi connectivity index (χ0) is 19.9. The molecule has 9 nitrogen and oxygen atoms in total. The Morgan fingerprint density at radius 1 is 1.18 bits per heavy atom. The fourth-order valence-corrected chi connectivity index (χ4v) is 2.31. The molecule has 1 aromatic heterocycles. The van der Waals surface area contributed by atoms with Crippen molar-refractivity contribution < 1.29 is 18.9 Å². The first-order valence-corrected chi connectivity index (χ1v) is 8.15. The summed E-state index contributed by atoms with van der Waals surface area (Å²) >= 11 is 0. The molecule has 0 aliphatic heterocycles. The average molecular weight is 380 g/mol. The Labute approximate surface area is 160 Å². The Morgan fingerprint density at radius 3 is 2.64 bits per heavy atom. The van der Waals surface area contributed by atoms with Crippen LogP contribution in [0.5, 0.6) is 5.75 Å². The van der Waals surface area contributed by atoms with Crippen LogP contribution in [0, 0.1) is 10.1 Å². The molecule has 0 unspecified atom stereocenters. The van der Waals surface area contributed by atoms with E-state index in [1.54, 1.807) is 54.6 Å². The number of amides is 2. The molecule has 28 heavy (non-hydrogen) atoms. The summed E-state index contributed by atoms with van der Waals surface area (Å²) in [5.41, 5.74) is 1.02. The average Bonchev–Trinajstić information content (AvgIpc) is 3.18. The van der Waals surface area contributed by atoms with Crippen molar-refractivity contribution in [1.29, 1.82) is 0 Å². The van der Waals surface area contributed by atoms with E-state index in [2.05, 4.69) is 10.4 Å². The normalized spacial score (nSPS) is 10.6. The van der Waals surface area contributed by atoms with E-state index in [9.17, 15) is 14.9 Å². The lowest BCUT2D eigenvalue weighted by molar-refractivity contribution is -0.402. The van der Waals surface area contributed by atoms with Crippen molar-refractivity contribution in [3.63, 3.8) is 0 Å². The van der Waals surface area contributed by atoms with Gasteiger partial charge in [-0.25, -0.2) is 4.79 Å². The summed E-state index contributed by atoms with van der Waals surface area (Å²) < 4.78 is 10.2. The Balaban J connectivity index is 1.85. The van der Waals surface area contributed by atoms with Gasteiger partial charge in [-0.05, 0) is 30.3 Å². The summed E-state index contributed by atoms with van der Waals surface area (Å²) in [6.45, 7) is 0. The highest BCUT2D eigenvalue weighted by Crippen LogP contribution is 2.20. The number of benzene rings is 2. The van der Waals surface area contributed by atoms with E-state index >= 15 is 0 Å². The van der Waals surface area contributed by atoms with Gasteiger partial charge in [-0.15, -0.1) is 0 Å². The number of methoxy groups -OCH3 is 1. The number of hydrazone groups is 1. The molecule has 9 heteroatoms. The summed E-state index contributed by atoms with van der Waals surface area (Å²) in [5, 5.41) is 18.7. The van der Waals surface area contributed by atoms with Crippen LogP contribution in [0.4, 0.5) is 22.1 Å². The molecule has 0 fully saturated rings. The number of nitrogens with one attached hydrogen (secondary N) is 1. The van der Waals surface area contributed by atoms with Crippen LogP contribution in [0.3, 0.4) is 0 Å². The van der Waals surface area contributed by atoms with Crippen molar-refractivity contribution in [3.8, 4) is 5.75 Å². The molecule has 0 atom stereocenters. The number of hydrogen-bond acceptors (Lipinski definition) is 6. The first-order chi connectivity index (χ1) is 13.6. The number of carbonyl (C=O) groups is 1. The van der Waals surface area contributed by atoms with Crippen LogP contribution in [0.25, 0.3) is 0 Å². The van der Waals surface area contributed by atoms with Gasteiger partial charge >= 0.3 is 11.9 Å². The van der Waals surface area contributed by atoms with Gasteiger partial charge in [-0.1, -0.05) is 24.3 Å². The molecule has 0 bridgehead atoms. The molecule has 0 aliphatic rings. The molecular formula is C19H16N4O5. The van der Waals surface area contributed by atoms with Gasteiger partial charge < -0.3 is 14.5 Å². The molecule has 0 spiro atoms. The predicted octanol–water partition coefficient (Wildman–Crippen LogP) is 4.27. The number of carbonyl (C=O) groups excluding carboxylic acids is 1. The number of furan rings is 1. The number of hydrogen-bond donors (Lipinski definition) is 1. The van der Waals surface area contributed by atoms with E-state index in [1.165, 1.54) is 25.5 Å². The summed E-state index contributed by atoms with van der Waals surface area (Å²) in [5.74, 6) is 0.325. The fourth-order valence-electron chi connectivity index (χ4n) is 2.31. The predicted molar refractivity (Wildman–Crippen MR) is 104 cm³/mol. The number of ether oxygens (including phenoxy) is 1. The Morgan fingerprint density at radius 2 is 1.96 bits per heavy atom. The second-order valence-corrected chi connectivity index (χ2v) is 5.49. The highest BCUT2D eigenvalue weighted by atomic mass is 16.6. The molecule has 0 saturated heterocycles. The number of rotatable bonds is 6. The molecule has 0 saturated carbocycles. The SMILES string of the molecule is COc1cccc(NC(=O)N(/N=C/c2ccc([N+](=O)[O-])o2)c2ccccc2)c1. The smallest absolute Gasteiger partial charge is 0.433 e. The van der Waals surface area contributed by atoms with E-state index in [4.69, 9.17) is 9.15 Å². The van der Waals surface area contributed by atoms with Crippen LogP contribution in [-0.4, -0.2) is 24.3 Å². The minimum Gasteiger partial charge on any atom is -0.497 e. The number of para-hydroxylation sites is 1.